The summed E-state index contributed by atoms with van der Waals surface area (Å²) in [6.45, 7) is 12.9. The normalized spacial score (nSPS) is 32.5. The van der Waals surface area contributed by atoms with E-state index in [9.17, 15) is 0 Å². The fourth-order valence-electron chi connectivity index (χ4n) is 4.15. The van der Waals surface area contributed by atoms with Crippen LogP contribution in [0.15, 0.2) is 18.2 Å². The summed E-state index contributed by atoms with van der Waals surface area (Å²) in [6, 6.07) is 8.23. The molecule has 4 unspecified atom stereocenters. The van der Waals surface area contributed by atoms with Crippen molar-refractivity contribution in [2.45, 2.75) is 39.8 Å². The first-order valence-electron chi connectivity index (χ1n) is 7.61. The van der Waals surface area contributed by atoms with Crippen molar-refractivity contribution >= 4 is 0 Å². The lowest BCUT2D eigenvalue weighted by Crippen LogP contribution is -2.35. The van der Waals surface area contributed by atoms with E-state index in [4.69, 9.17) is 0 Å². The van der Waals surface area contributed by atoms with E-state index < -0.39 is 0 Å². The molecular weight excluding hydrogens is 232 g/mol. The van der Waals surface area contributed by atoms with Crippen molar-refractivity contribution in [2.24, 2.45) is 11.8 Å². The van der Waals surface area contributed by atoms with Gasteiger partial charge in [0.15, 0.2) is 0 Å². The lowest BCUT2D eigenvalue weighted by atomic mass is 9.95. The number of nitrogens with one attached hydrogen (secondary N) is 1. The summed E-state index contributed by atoms with van der Waals surface area (Å²) in [5.74, 6) is 1.72. The average molecular weight is 258 g/mol. The summed E-state index contributed by atoms with van der Waals surface area (Å²) in [4.78, 5) is 2.71. The van der Waals surface area contributed by atoms with Crippen molar-refractivity contribution in [3.05, 3.63) is 34.9 Å². The quantitative estimate of drug-likeness (QED) is 0.877. The van der Waals surface area contributed by atoms with Gasteiger partial charge in [-0.3, -0.25) is 4.90 Å². The van der Waals surface area contributed by atoms with E-state index in [1.165, 1.54) is 36.3 Å². The molecule has 3 rings (SSSR count). The van der Waals surface area contributed by atoms with Gasteiger partial charge < -0.3 is 5.32 Å². The maximum atomic E-state index is 3.55. The number of nitrogens with zero attached hydrogens (tertiary/aromatic N) is 1. The fourth-order valence-corrected chi connectivity index (χ4v) is 4.15. The predicted octanol–water partition coefficient (Wildman–Crippen LogP) is 2.90. The Morgan fingerprint density at radius 1 is 1.16 bits per heavy atom. The fraction of sp³-hybridized carbons (Fsp3) is 0.647. The van der Waals surface area contributed by atoms with Gasteiger partial charge in [0.2, 0.25) is 0 Å². The standard InChI is InChI=1S/C17H26N2/c1-11-5-12(2)7-15(6-11)13(3)19-10-16-8-18-9-17(16)14(19)4/h5-7,13-14,16-18H,8-10H2,1-4H3. The first kappa shape index (κ1) is 13.1. The summed E-state index contributed by atoms with van der Waals surface area (Å²) in [6.07, 6.45) is 0. The molecule has 0 saturated carbocycles. The number of likely N-dealkylation sites (tertiary alicyclic amines) is 1. The summed E-state index contributed by atoms with van der Waals surface area (Å²) in [5, 5.41) is 3.55. The van der Waals surface area contributed by atoms with Crippen LogP contribution in [0.5, 0.6) is 0 Å². The number of benzene rings is 1. The van der Waals surface area contributed by atoms with Gasteiger partial charge in [-0.15, -0.1) is 0 Å². The zero-order valence-corrected chi connectivity index (χ0v) is 12.6. The number of fused-ring (bicyclic) bond motifs is 1. The van der Waals surface area contributed by atoms with Gasteiger partial charge in [-0.2, -0.15) is 0 Å². The number of rotatable bonds is 2. The Bertz CT molecular complexity index is 448. The Labute approximate surface area is 117 Å². The van der Waals surface area contributed by atoms with Crippen LogP contribution in [-0.2, 0) is 0 Å². The molecule has 1 aromatic carbocycles. The molecule has 0 aliphatic carbocycles. The van der Waals surface area contributed by atoms with Crippen molar-refractivity contribution in [1.29, 1.82) is 0 Å². The van der Waals surface area contributed by atoms with Crippen molar-refractivity contribution in [2.75, 3.05) is 19.6 Å². The van der Waals surface area contributed by atoms with Crippen LogP contribution >= 0.6 is 0 Å². The minimum atomic E-state index is 0.541. The minimum absolute atomic E-state index is 0.541. The molecule has 2 heteroatoms. The van der Waals surface area contributed by atoms with Crippen LogP contribution in [-0.4, -0.2) is 30.6 Å². The monoisotopic (exact) mass is 258 g/mol. The highest BCUT2D eigenvalue weighted by Gasteiger charge is 2.43. The van der Waals surface area contributed by atoms with Crippen molar-refractivity contribution in [1.82, 2.24) is 10.2 Å². The smallest absolute Gasteiger partial charge is 0.0323 e. The summed E-state index contributed by atoms with van der Waals surface area (Å²) in [5.41, 5.74) is 4.25. The van der Waals surface area contributed by atoms with Gasteiger partial charge >= 0.3 is 0 Å². The van der Waals surface area contributed by atoms with Gasteiger partial charge in [0.1, 0.15) is 0 Å². The van der Waals surface area contributed by atoms with E-state index in [0.717, 1.165) is 11.8 Å². The number of aryl methyl sites for hydroxylation is 2. The van der Waals surface area contributed by atoms with Crippen LogP contribution in [0.1, 0.15) is 36.6 Å². The van der Waals surface area contributed by atoms with Crippen molar-refractivity contribution in [3.8, 4) is 0 Å². The van der Waals surface area contributed by atoms with Crippen LogP contribution in [0.4, 0.5) is 0 Å². The van der Waals surface area contributed by atoms with Gasteiger partial charge in [0.25, 0.3) is 0 Å². The first-order chi connectivity index (χ1) is 9.06. The van der Waals surface area contributed by atoms with E-state index in [0.29, 0.717) is 12.1 Å². The minimum Gasteiger partial charge on any atom is -0.316 e. The zero-order valence-electron chi connectivity index (χ0n) is 12.6. The van der Waals surface area contributed by atoms with Crippen LogP contribution in [0, 0.1) is 25.7 Å². The van der Waals surface area contributed by atoms with E-state index in [1.54, 1.807) is 0 Å². The topological polar surface area (TPSA) is 15.3 Å². The summed E-state index contributed by atoms with van der Waals surface area (Å²) in [7, 11) is 0. The summed E-state index contributed by atoms with van der Waals surface area (Å²) < 4.78 is 0. The second-order valence-electron chi connectivity index (χ2n) is 6.62. The first-order valence-corrected chi connectivity index (χ1v) is 7.61. The Hall–Kier alpha value is -0.860. The molecule has 104 valence electrons. The maximum Gasteiger partial charge on any atom is 0.0323 e. The van der Waals surface area contributed by atoms with Crippen LogP contribution < -0.4 is 5.32 Å². The Kier molecular flexibility index (Phi) is 3.40. The van der Waals surface area contributed by atoms with Gasteiger partial charge in [-0.05, 0) is 58.2 Å². The molecule has 0 aromatic heterocycles. The third-order valence-electron chi connectivity index (χ3n) is 5.20. The molecule has 1 N–H and O–H groups in total. The van der Waals surface area contributed by atoms with Gasteiger partial charge in [-0.1, -0.05) is 29.3 Å². The average Bonchev–Trinajstić information content (AvgIpc) is 2.91. The largest absolute Gasteiger partial charge is 0.316 e. The number of hydrogen-bond acceptors (Lipinski definition) is 2. The molecule has 0 bridgehead atoms. The molecule has 19 heavy (non-hydrogen) atoms. The molecule has 4 atom stereocenters. The summed E-state index contributed by atoms with van der Waals surface area (Å²) >= 11 is 0. The Balaban J connectivity index is 1.82. The third-order valence-corrected chi connectivity index (χ3v) is 5.20. The van der Waals surface area contributed by atoms with Crippen LogP contribution in [0.25, 0.3) is 0 Å². The highest BCUT2D eigenvalue weighted by Crippen LogP contribution is 2.38. The highest BCUT2D eigenvalue weighted by atomic mass is 15.2. The molecule has 0 amide bonds. The van der Waals surface area contributed by atoms with E-state index in [-0.39, 0.29) is 0 Å². The van der Waals surface area contributed by atoms with Gasteiger partial charge in [0.05, 0.1) is 0 Å². The van der Waals surface area contributed by atoms with Gasteiger partial charge in [-0.25, -0.2) is 0 Å². The lowest BCUT2D eigenvalue weighted by molar-refractivity contribution is 0.182. The van der Waals surface area contributed by atoms with E-state index >= 15 is 0 Å². The number of hydrogen-bond donors (Lipinski definition) is 1. The van der Waals surface area contributed by atoms with Gasteiger partial charge in [0, 0.05) is 18.6 Å². The highest BCUT2D eigenvalue weighted by molar-refractivity contribution is 5.30. The van der Waals surface area contributed by atoms with Crippen LogP contribution in [0.2, 0.25) is 0 Å². The molecule has 2 saturated heterocycles. The predicted molar refractivity (Wildman–Crippen MR) is 80.3 cm³/mol. The SMILES string of the molecule is Cc1cc(C)cc(C(C)N2CC3CNCC3C2C)c1. The molecule has 0 spiro atoms. The van der Waals surface area contributed by atoms with Crippen molar-refractivity contribution in [3.63, 3.8) is 0 Å². The second kappa shape index (κ2) is 4.92. The lowest BCUT2D eigenvalue weighted by Gasteiger charge is -2.31. The molecule has 2 aliphatic heterocycles. The van der Waals surface area contributed by atoms with Crippen LogP contribution in [0.3, 0.4) is 0 Å². The molecule has 2 nitrogen and oxygen atoms in total. The molecule has 2 aliphatic rings. The second-order valence-corrected chi connectivity index (χ2v) is 6.62. The molecule has 2 heterocycles. The Morgan fingerprint density at radius 2 is 1.84 bits per heavy atom. The molecule has 0 radical (unpaired) electrons. The van der Waals surface area contributed by atoms with E-state index in [1.807, 2.05) is 0 Å². The third kappa shape index (κ3) is 2.32. The van der Waals surface area contributed by atoms with E-state index in [2.05, 4.69) is 56.1 Å². The molecule has 2 fully saturated rings. The Morgan fingerprint density at radius 3 is 2.47 bits per heavy atom. The van der Waals surface area contributed by atoms with Crippen molar-refractivity contribution < 1.29 is 0 Å². The molecular formula is C17H26N2. The maximum absolute atomic E-state index is 3.55. The zero-order chi connectivity index (χ0) is 13.6. The molecule has 1 aromatic rings.